The number of thioether (sulfide) groups is 1. The first-order valence-corrected chi connectivity index (χ1v) is 19.4. The van der Waals surface area contributed by atoms with Gasteiger partial charge in [0.2, 0.25) is 0 Å². The molecule has 7 nitrogen and oxygen atoms in total. The van der Waals surface area contributed by atoms with Gasteiger partial charge >= 0.3 is 5.97 Å². The first-order valence-electron chi connectivity index (χ1n) is 17.4. The Morgan fingerprint density at radius 3 is 2.21 bits per heavy atom. The minimum atomic E-state index is -1.15. The average Bonchev–Trinajstić information content (AvgIpc) is 3.90. The number of carboxylic acids is 1. The van der Waals surface area contributed by atoms with Crippen LogP contribution in [-0.2, 0) is 16.1 Å². The number of thiocarbonyl (C=S) groups is 1. The largest absolute Gasteiger partial charge is 0.480 e. The van der Waals surface area contributed by atoms with Crippen LogP contribution in [0.4, 0.5) is 11.4 Å². The predicted molar refractivity (Wildman–Crippen MR) is 215 cm³/mol. The molecular weight excluding hydrogens is 707 g/mol. The highest BCUT2D eigenvalue weighted by molar-refractivity contribution is 8.30. The van der Waals surface area contributed by atoms with Crippen LogP contribution in [0, 0.1) is 0 Å². The number of thiazole rings is 1. The van der Waals surface area contributed by atoms with E-state index >= 15 is 0 Å². The number of nitrogens with zero attached hydrogens (tertiary/aromatic N) is 3. The van der Waals surface area contributed by atoms with Crippen molar-refractivity contribution in [3.05, 3.63) is 150 Å². The van der Waals surface area contributed by atoms with Crippen molar-refractivity contribution in [3.63, 3.8) is 0 Å². The molecule has 3 aliphatic rings. The number of amides is 1. The van der Waals surface area contributed by atoms with Gasteiger partial charge in [-0.3, -0.25) is 23.9 Å². The maximum atomic E-state index is 13.6. The number of rotatable bonds is 8. The molecule has 0 bridgehead atoms. The molecule has 3 heterocycles. The number of fused-ring (bicyclic) bond motifs is 3. The minimum absolute atomic E-state index is 0.297. The number of hydrogen-bond acceptors (Lipinski definition) is 7. The van der Waals surface area contributed by atoms with Gasteiger partial charge in [0.1, 0.15) is 20.4 Å². The van der Waals surface area contributed by atoms with Crippen molar-refractivity contribution < 1.29 is 14.7 Å². The fourth-order valence-electron chi connectivity index (χ4n) is 7.69. The lowest BCUT2D eigenvalue weighted by Gasteiger charge is -2.27. The molecule has 10 heteroatoms. The minimum Gasteiger partial charge on any atom is -0.480 e. The number of aliphatic carboxylic acids is 1. The summed E-state index contributed by atoms with van der Waals surface area (Å²) in [7, 11) is 0. The van der Waals surface area contributed by atoms with Crippen molar-refractivity contribution in [2.45, 2.75) is 44.7 Å². The summed E-state index contributed by atoms with van der Waals surface area (Å²) in [4.78, 5) is 42.8. The highest BCUT2D eigenvalue weighted by Crippen LogP contribution is 2.52. The smallest absolute Gasteiger partial charge is 0.323 e. The molecule has 2 unspecified atom stereocenters. The van der Waals surface area contributed by atoms with Crippen molar-refractivity contribution in [2.24, 2.45) is 0 Å². The van der Waals surface area contributed by atoms with E-state index in [0.717, 1.165) is 59.2 Å². The van der Waals surface area contributed by atoms with Crippen LogP contribution in [0.25, 0.3) is 22.6 Å². The molecule has 1 aliphatic carbocycles. The van der Waals surface area contributed by atoms with Crippen LogP contribution in [-0.4, -0.2) is 43.4 Å². The number of anilines is 2. The van der Waals surface area contributed by atoms with E-state index in [1.165, 1.54) is 37.4 Å². The van der Waals surface area contributed by atoms with Gasteiger partial charge in [-0.05, 0) is 89.6 Å². The molecule has 1 saturated heterocycles. The number of benzene rings is 4. The van der Waals surface area contributed by atoms with E-state index in [9.17, 15) is 19.5 Å². The van der Waals surface area contributed by atoms with Crippen molar-refractivity contribution in [2.75, 3.05) is 11.4 Å². The summed E-state index contributed by atoms with van der Waals surface area (Å²) < 4.78 is 2.29. The Labute approximate surface area is 314 Å². The van der Waals surface area contributed by atoms with E-state index in [2.05, 4.69) is 95.9 Å². The van der Waals surface area contributed by atoms with Crippen LogP contribution in [0.15, 0.2) is 108 Å². The standard InChI is InChI=1S/C42H35N3O4S3/c1-2-43-40(49)38(52-42(43)50)41-44(25-37(46)47)39(48)36(51-41)24-27-18-21-35-33(23-27)31-14-9-15-34(31)45(35)30-19-16-26(17-20-30)22-32(28-10-5-3-6-11-28)29-12-7-4-8-13-29/h3-8,10-13,16-24,31,34H,2,9,14-15,25H2,1H3,(H,46,47)/b36-24?,41-38+. The fraction of sp³-hybridized carbons (Fsp3) is 0.190. The Bertz CT molecular complexity index is 2390. The molecule has 2 atom stereocenters. The maximum Gasteiger partial charge on any atom is 0.323 e. The molecule has 5 aromatic rings. The topological polar surface area (TPSA) is 82.9 Å². The molecule has 2 aliphatic heterocycles. The van der Waals surface area contributed by atoms with Gasteiger partial charge in [0.15, 0.2) is 0 Å². The summed E-state index contributed by atoms with van der Waals surface area (Å²) in [5.41, 5.74) is 8.67. The first-order chi connectivity index (χ1) is 25.3. The Morgan fingerprint density at radius 1 is 0.904 bits per heavy atom. The third-order valence-corrected chi connectivity index (χ3v) is 12.7. The average molecular weight is 742 g/mol. The first kappa shape index (κ1) is 34.1. The number of hydrogen-bond donors (Lipinski definition) is 1. The van der Waals surface area contributed by atoms with Gasteiger partial charge in [-0.25, -0.2) is 0 Å². The summed E-state index contributed by atoms with van der Waals surface area (Å²) in [6.45, 7) is 1.70. The van der Waals surface area contributed by atoms with Crippen LogP contribution < -0.4 is 19.7 Å². The number of aromatic nitrogens is 1. The van der Waals surface area contributed by atoms with Gasteiger partial charge in [0, 0.05) is 29.9 Å². The lowest BCUT2D eigenvalue weighted by Crippen LogP contribution is -2.35. The van der Waals surface area contributed by atoms with E-state index in [1.54, 1.807) is 0 Å². The molecule has 0 radical (unpaired) electrons. The summed E-state index contributed by atoms with van der Waals surface area (Å²) in [5.74, 6) is -1.08. The summed E-state index contributed by atoms with van der Waals surface area (Å²) in [6, 6.07) is 36.5. The van der Waals surface area contributed by atoms with Gasteiger partial charge < -0.3 is 10.0 Å². The molecule has 1 aromatic heterocycles. The molecule has 0 spiro atoms. The normalized spacial score (nSPS) is 19.3. The third-order valence-electron chi connectivity index (χ3n) is 10.0. The number of carbonyl (C=O) groups is 2. The lowest BCUT2D eigenvalue weighted by molar-refractivity contribution is -0.137. The second kappa shape index (κ2) is 14.2. The van der Waals surface area contributed by atoms with Crippen LogP contribution >= 0.6 is 35.3 Å². The van der Waals surface area contributed by atoms with Gasteiger partial charge in [0.05, 0.1) is 4.53 Å². The van der Waals surface area contributed by atoms with Crippen molar-refractivity contribution in [3.8, 4) is 0 Å². The van der Waals surface area contributed by atoms with Crippen molar-refractivity contribution in [1.82, 2.24) is 9.47 Å². The van der Waals surface area contributed by atoms with Crippen molar-refractivity contribution >= 4 is 85.5 Å². The zero-order valence-electron chi connectivity index (χ0n) is 28.4. The molecule has 1 N–H and O–H groups in total. The highest BCUT2D eigenvalue weighted by atomic mass is 32.2. The second-order valence-corrected chi connectivity index (χ2v) is 15.8. The zero-order chi connectivity index (χ0) is 35.9. The predicted octanol–water partition coefficient (Wildman–Crippen LogP) is 7.19. The van der Waals surface area contributed by atoms with Crippen LogP contribution in [0.5, 0.6) is 0 Å². The Kier molecular flexibility index (Phi) is 9.29. The second-order valence-electron chi connectivity index (χ2n) is 13.1. The molecule has 4 aromatic carbocycles. The molecule has 1 saturated carbocycles. The van der Waals surface area contributed by atoms with E-state index in [-0.39, 0.29) is 5.91 Å². The molecule has 8 rings (SSSR count). The zero-order valence-corrected chi connectivity index (χ0v) is 30.8. The van der Waals surface area contributed by atoms with E-state index < -0.39 is 18.1 Å². The quantitative estimate of drug-likeness (QED) is 0.133. The van der Waals surface area contributed by atoms with Gasteiger partial charge in [-0.15, -0.1) is 11.3 Å². The Balaban J connectivity index is 1.15. The van der Waals surface area contributed by atoms with Crippen LogP contribution in [0.3, 0.4) is 0 Å². The van der Waals surface area contributed by atoms with Gasteiger partial charge in [-0.1, -0.05) is 109 Å². The van der Waals surface area contributed by atoms with Crippen LogP contribution in [0.2, 0.25) is 0 Å². The molecule has 260 valence electrons. The van der Waals surface area contributed by atoms with Gasteiger partial charge in [0.25, 0.3) is 11.5 Å². The fourth-order valence-corrected chi connectivity index (χ4v) is 10.3. The summed E-state index contributed by atoms with van der Waals surface area (Å²) >= 11 is 7.65. The summed E-state index contributed by atoms with van der Waals surface area (Å²) in [6.07, 6.45) is 7.41. The third kappa shape index (κ3) is 6.25. The lowest BCUT2D eigenvalue weighted by atomic mass is 9.95. The van der Waals surface area contributed by atoms with Crippen LogP contribution in [0.1, 0.15) is 59.9 Å². The number of carbonyl (C=O) groups excluding carboxylic acids is 1. The molecular formula is C42H35N3O4S3. The Hall–Kier alpha value is -5.03. The monoisotopic (exact) mass is 741 g/mol. The van der Waals surface area contributed by atoms with Gasteiger partial charge in [-0.2, -0.15) is 0 Å². The SMILES string of the molecule is CCN1C(=O)/C(=c2\sc(=Cc3ccc4c(c3)C3CCCC3N4c3ccc(C=C(c4ccccc4)c4ccccc4)cc3)c(=O)n2CC(=O)O)SC1=S. The van der Waals surface area contributed by atoms with Crippen molar-refractivity contribution in [1.29, 1.82) is 0 Å². The Morgan fingerprint density at radius 2 is 1.58 bits per heavy atom. The van der Waals surface area contributed by atoms with E-state index in [4.69, 9.17) is 12.2 Å². The molecule has 52 heavy (non-hydrogen) atoms. The number of carboxylic acid groups (broad SMARTS) is 1. The van der Waals surface area contributed by atoms with E-state index in [1.807, 2.05) is 31.2 Å². The molecule has 1 amide bonds. The molecule has 2 fully saturated rings. The maximum absolute atomic E-state index is 13.6. The highest BCUT2D eigenvalue weighted by Gasteiger charge is 2.42. The van der Waals surface area contributed by atoms with E-state index in [0.29, 0.717) is 36.9 Å². The summed E-state index contributed by atoms with van der Waals surface area (Å²) in [5, 5.41) is 9.62.